The summed E-state index contributed by atoms with van der Waals surface area (Å²) in [6, 6.07) is 0. The van der Waals surface area contributed by atoms with Gasteiger partial charge in [0, 0.05) is 19.8 Å². The van der Waals surface area contributed by atoms with Gasteiger partial charge in [-0.25, -0.2) is 0 Å². The minimum absolute atomic E-state index is 0.289. The van der Waals surface area contributed by atoms with Crippen LogP contribution in [-0.4, -0.2) is 44.8 Å². The maximum Gasteiger partial charge on any atom is 0.376 e. The largest absolute Gasteiger partial charge is 0.376 e. The van der Waals surface area contributed by atoms with Crippen molar-refractivity contribution in [3.8, 4) is 0 Å². The molecule has 0 aromatic carbocycles. The number of carbonyl (C=O) groups is 2. The number of unbranched alkanes of at least 4 members (excludes halogenated alkanes) is 3. The summed E-state index contributed by atoms with van der Waals surface area (Å²) in [6.07, 6.45) is 0.489. The molecule has 12 heteroatoms. The quantitative estimate of drug-likeness (QED) is 0.240. The summed E-state index contributed by atoms with van der Waals surface area (Å²) in [5.41, 5.74) is 0. The molecule has 0 aliphatic rings. The maximum atomic E-state index is 12.1. The Kier molecular flexibility index (Phi) is 11.9. The zero-order chi connectivity index (χ0) is 20.5. The van der Waals surface area contributed by atoms with Gasteiger partial charge in [-0.15, -0.1) is 0 Å². The van der Waals surface area contributed by atoms with Gasteiger partial charge in [0.1, 0.15) is 0 Å². The van der Waals surface area contributed by atoms with Gasteiger partial charge in [0.05, 0.1) is 0 Å². The topological polar surface area (TPSA) is 74.6 Å². The zero-order valence-electron chi connectivity index (χ0n) is 13.1. The van der Waals surface area contributed by atoms with E-state index in [2.05, 4.69) is 0 Å². The third-order valence-electron chi connectivity index (χ3n) is 2.79. The number of aliphatic hydroxyl groups excluding tert-OH is 1. The summed E-state index contributed by atoms with van der Waals surface area (Å²) in [5, 5.41) is 15.0. The Bertz CT molecular complexity index is 409. The smallest absolute Gasteiger partial charge is 0.363 e. The third-order valence-corrected chi connectivity index (χ3v) is 3.17. The number of halogens is 8. The van der Waals surface area contributed by atoms with E-state index in [9.17, 15) is 35.9 Å². The van der Waals surface area contributed by atoms with E-state index >= 15 is 0 Å². The Morgan fingerprint density at radius 2 is 1.16 bits per heavy atom. The lowest BCUT2D eigenvalue weighted by Crippen LogP contribution is -2.58. The predicted molar refractivity (Wildman–Crippen MR) is 78.2 cm³/mol. The molecule has 4 nitrogen and oxygen atoms in total. The lowest BCUT2D eigenvalue weighted by atomic mass is 10.1. The van der Waals surface area contributed by atoms with Crippen LogP contribution in [0.5, 0.6) is 0 Å². The molecule has 0 fully saturated rings. The van der Waals surface area contributed by atoms with Gasteiger partial charge >= 0.3 is 17.8 Å². The van der Waals surface area contributed by atoms with E-state index < -0.39 is 31.0 Å². The van der Waals surface area contributed by atoms with E-state index in [0.717, 1.165) is 25.7 Å². The van der Waals surface area contributed by atoms with Gasteiger partial charge in [0.25, 0.3) is 0 Å². The van der Waals surface area contributed by atoms with Gasteiger partial charge in [-0.3, -0.25) is 9.59 Å². The van der Waals surface area contributed by atoms with Crippen molar-refractivity contribution < 1.29 is 46.1 Å². The number of carbonyl (C=O) groups excluding carboxylic acids is 2. The van der Waals surface area contributed by atoms with Crippen LogP contribution >= 0.6 is 23.2 Å². The monoisotopic (exact) mass is 422 g/mol. The van der Waals surface area contributed by atoms with Crippen LogP contribution in [0.3, 0.4) is 0 Å². The van der Waals surface area contributed by atoms with Crippen LogP contribution in [0.2, 0.25) is 0 Å². The number of hydrogen-bond donors (Lipinski definition) is 2. The van der Waals surface area contributed by atoms with Gasteiger partial charge in [-0.1, -0.05) is 12.8 Å². The SMILES string of the molecule is CC(F)(F)C(F)(F)C(F)(F)C(O)O.O=C(Cl)CCCCCCC(=O)Cl. The van der Waals surface area contributed by atoms with Crippen LogP contribution in [-0.2, 0) is 9.59 Å². The Morgan fingerprint density at radius 1 is 0.840 bits per heavy atom. The summed E-state index contributed by atoms with van der Waals surface area (Å²) < 4.78 is 72.3. The number of hydrogen-bond acceptors (Lipinski definition) is 4. The first-order chi connectivity index (χ1) is 11.1. The van der Waals surface area contributed by atoms with E-state index in [-0.39, 0.29) is 10.5 Å². The molecule has 0 saturated carbocycles. The molecule has 2 N–H and O–H groups in total. The molecule has 25 heavy (non-hydrogen) atoms. The third kappa shape index (κ3) is 10.2. The number of alkyl halides is 6. The molecule has 0 bridgehead atoms. The van der Waals surface area contributed by atoms with Crippen molar-refractivity contribution in [3.63, 3.8) is 0 Å². The minimum atomic E-state index is -5.81. The van der Waals surface area contributed by atoms with E-state index in [0.29, 0.717) is 12.8 Å². The molecular formula is C13H18Cl2F6O4. The first kappa shape index (κ1) is 26.6. The summed E-state index contributed by atoms with van der Waals surface area (Å²) >= 11 is 10.3. The molecule has 0 aliphatic heterocycles. The van der Waals surface area contributed by atoms with Crippen molar-refractivity contribution in [3.05, 3.63) is 0 Å². The van der Waals surface area contributed by atoms with Crippen LogP contribution in [0.4, 0.5) is 26.3 Å². The molecule has 0 rings (SSSR count). The summed E-state index contributed by atoms with van der Waals surface area (Å²) in [6.45, 7) is -0.441. The first-order valence-corrected chi connectivity index (χ1v) is 7.69. The van der Waals surface area contributed by atoms with E-state index in [1.165, 1.54) is 0 Å². The molecule has 0 unspecified atom stereocenters. The molecule has 0 aromatic heterocycles. The fourth-order valence-electron chi connectivity index (χ4n) is 1.34. The molecule has 0 atom stereocenters. The maximum absolute atomic E-state index is 12.1. The summed E-state index contributed by atoms with van der Waals surface area (Å²) in [5.74, 6) is -16.4. The summed E-state index contributed by atoms with van der Waals surface area (Å²) in [4.78, 5) is 20.5. The minimum Gasteiger partial charge on any atom is -0.363 e. The molecule has 150 valence electrons. The van der Waals surface area contributed by atoms with Gasteiger partial charge in [0.2, 0.25) is 16.8 Å². The number of aliphatic hydroxyl groups is 2. The fraction of sp³-hybridized carbons (Fsp3) is 0.846. The molecule has 0 aliphatic carbocycles. The highest BCUT2D eigenvalue weighted by atomic mass is 35.5. The van der Waals surface area contributed by atoms with Crippen LogP contribution in [0, 0.1) is 0 Å². The zero-order valence-corrected chi connectivity index (χ0v) is 14.6. The van der Waals surface area contributed by atoms with Gasteiger partial charge < -0.3 is 10.2 Å². The molecule has 0 saturated heterocycles. The van der Waals surface area contributed by atoms with Crippen LogP contribution in [0.15, 0.2) is 0 Å². The van der Waals surface area contributed by atoms with Gasteiger partial charge in [-0.05, 0) is 36.0 Å². The van der Waals surface area contributed by atoms with Crippen molar-refractivity contribution >= 4 is 33.7 Å². The highest BCUT2D eigenvalue weighted by Crippen LogP contribution is 2.46. The second kappa shape index (κ2) is 11.2. The van der Waals surface area contributed by atoms with Gasteiger partial charge in [-0.2, -0.15) is 26.3 Å². The second-order valence-electron chi connectivity index (χ2n) is 5.08. The molecule has 0 aromatic rings. The average Bonchev–Trinajstić information content (AvgIpc) is 2.41. The van der Waals surface area contributed by atoms with Crippen molar-refractivity contribution in [2.24, 2.45) is 0 Å². The Morgan fingerprint density at radius 3 is 1.32 bits per heavy atom. The molecular weight excluding hydrogens is 405 g/mol. The normalized spacial score (nSPS) is 12.6. The predicted octanol–water partition coefficient (Wildman–Crippen LogP) is 4.08. The van der Waals surface area contributed by atoms with E-state index in [1.54, 1.807) is 0 Å². The highest BCUT2D eigenvalue weighted by Gasteiger charge is 2.72. The molecule has 0 radical (unpaired) electrons. The highest BCUT2D eigenvalue weighted by molar-refractivity contribution is 6.63. The Hall–Kier alpha value is -0.580. The van der Waals surface area contributed by atoms with Crippen molar-refractivity contribution in [1.29, 1.82) is 0 Å². The molecule has 0 spiro atoms. The Balaban J connectivity index is 0. The first-order valence-electron chi connectivity index (χ1n) is 6.93. The van der Waals surface area contributed by atoms with Crippen molar-refractivity contribution in [2.45, 2.75) is 69.5 Å². The second-order valence-corrected chi connectivity index (χ2v) is 5.93. The molecule has 0 amide bonds. The average molecular weight is 423 g/mol. The lowest BCUT2D eigenvalue weighted by molar-refractivity contribution is -0.356. The standard InChI is InChI=1S/C8H12Cl2O2.C5H6F6O2/c9-7(11)5-3-1-2-4-6-8(10)12;1-3(6,7)5(10,11)4(8,9)2(12)13/h1-6H2;2,12-13H,1H3. The van der Waals surface area contributed by atoms with Crippen LogP contribution in [0.25, 0.3) is 0 Å². The lowest BCUT2D eigenvalue weighted by Gasteiger charge is -2.31. The van der Waals surface area contributed by atoms with E-state index in [1.807, 2.05) is 0 Å². The fourth-order valence-corrected chi connectivity index (χ4v) is 1.60. The van der Waals surface area contributed by atoms with Crippen molar-refractivity contribution in [1.82, 2.24) is 0 Å². The van der Waals surface area contributed by atoms with Crippen molar-refractivity contribution in [2.75, 3.05) is 0 Å². The van der Waals surface area contributed by atoms with Gasteiger partial charge in [0.15, 0.2) is 0 Å². The molecule has 0 heterocycles. The van der Waals surface area contributed by atoms with E-state index in [4.69, 9.17) is 33.4 Å². The van der Waals surface area contributed by atoms with Crippen LogP contribution in [0.1, 0.15) is 45.4 Å². The summed E-state index contributed by atoms with van der Waals surface area (Å²) in [7, 11) is 0. The number of rotatable bonds is 10. The van der Waals surface area contributed by atoms with Crippen LogP contribution < -0.4 is 0 Å². The Labute approximate surface area is 150 Å².